The van der Waals surface area contributed by atoms with E-state index in [0.717, 1.165) is 3.57 Å². The third kappa shape index (κ3) is 3.02. The van der Waals surface area contributed by atoms with E-state index in [-0.39, 0.29) is 5.91 Å². The minimum atomic E-state index is -0.109. The molecule has 0 fully saturated rings. The van der Waals surface area contributed by atoms with Crippen LogP contribution in [-0.2, 0) is 13.6 Å². The molecule has 0 aliphatic heterocycles. The number of halogens is 1. The molecule has 0 bridgehead atoms. The SMILES string of the molecule is Cn1cnc(CNC(=O)c2ccccc2I)n1. The van der Waals surface area contributed by atoms with Crippen molar-refractivity contribution in [3.63, 3.8) is 0 Å². The molecular weight excluding hydrogens is 331 g/mol. The molecule has 0 saturated heterocycles. The third-order valence-electron chi connectivity index (χ3n) is 2.17. The van der Waals surface area contributed by atoms with Crippen LogP contribution in [0, 0.1) is 3.57 Å². The molecule has 0 unspecified atom stereocenters. The molecule has 1 aromatic carbocycles. The normalized spacial score (nSPS) is 10.2. The van der Waals surface area contributed by atoms with Gasteiger partial charge in [-0.25, -0.2) is 4.98 Å². The van der Waals surface area contributed by atoms with Gasteiger partial charge in [0.05, 0.1) is 12.1 Å². The number of hydrogen-bond acceptors (Lipinski definition) is 3. The predicted molar refractivity (Wildman–Crippen MR) is 71.3 cm³/mol. The van der Waals surface area contributed by atoms with Crippen molar-refractivity contribution >= 4 is 28.5 Å². The Kier molecular flexibility index (Phi) is 3.72. The van der Waals surface area contributed by atoms with Gasteiger partial charge in [-0.15, -0.1) is 0 Å². The summed E-state index contributed by atoms with van der Waals surface area (Å²) in [6.07, 6.45) is 1.60. The van der Waals surface area contributed by atoms with E-state index in [2.05, 4.69) is 38.0 Å². The topological polar surface area (TPSA) is 59.8 Å². The number of amides is 1. The van der Waals surface area contributed by atoms with Gasteiger partial charge < -0.3 is 5.32 Å². The standard InChI is InChI=1S/C11H11IN4O/c1-16-7-14-10(15-16)6-13-11(17)8-4-2-3-5-9(8)12/h2-5,7H,6H2,1H3,(H,13,17). The average Bonchev–Trinajstić information content (AvgIpc) is 2.73. The molecule has 0 radical (unpaired) electrons. The van der Waals surface area contributed by atoms with Crippen LogP contribution in [-0.4, -0.2) is 20.7 Å². The molecule has 0 saturated carbocycles. The summed E-state index contributed by atoms with van der Waals surface area (Å²) in [6, 6.07) is 7.44. The van der Waals surface area contributed by atoms with Gasteiger partial charge in [-0.3, -0.25) is 9.48 Å². The maximum Gasteiger partial charge on any atom is 0.252 e. The summed E-state index contributed by atoms with van der Waals surface area (Å²) in [5, 5.41) is 6.88. The lowest BCUT2D eigenvalue weighted by Gasteiger charge is -2.04. The lowest BCUT2D eigenvalue weighted by Crippen LogP contribution is -2.24. The summed E-state index contributed by atoms with van der Waals surface area (Å²) in [5.41, 5.74) is 0.670. The Hall–Kier alpha value is -1.44. The number of carbonyl (C=O) groups is 1. The quantitative estimate of drug-likeness (QED) is 0.857. The zero-order valence-corrected chi connectivity index (χ0v) is 11.4. The summed E-state index contributed by atoms with van der Waals surface area (Å²) >= 11 is 2.14. The zero-order chi connectivity index (χ0) is 12.3. The highest BCUT2D eigenvalue weighted by molar-refractivity contribution is 14.1. The predicted octanol–water partition coefficient (Wildman–Crippen LogP) is 1.35. The lowest BCUT2D eigenvalue weighted by molar-refractivity contribution is 0.0949. The van der Waals surface area contributed by atoms with Gasteiger partial charge in [0, 0.05) is 10.6 Å². The molecule has 1 aromatic heterocycles. The first kappa shape index (κ1) is 12.0. The van der Waals surface area contributed by atoms with Gasteiger partial charge in [-0.2, -0.15) is 5.10 Å². The number of nitrogens with one attached hydrogen (secondary N) is 1. The first-order valence-corrected chi connectivity index (χ1v) is 6.12. The van der Waals surface area contributed by atoms with Crippen molar-refractivity contribution in [2.75, 3.05) is 0 Å². The molecule has 0 atom stereocenters. The molecule has 2 aromatic rings. The van der Waals surface area contributed by atoms with Crippen LogP contribution in [0.4, 0.5) is 0 Å². The van der Waals surface area contributed by atoms with Crippen molar-refractivity contribution in [1.29, 1.82) is 0 Å². The van der Waals surface area contributed by atoms with Crippen molar-refractivity contribution in [1.82, 2.24) is 20.1 Å². The number of rotatable bonds is 3. The van der Waals surface area contributed by atoms with Gasteiger partial charge in [0.25, 0.3) is 5.91 Å². The molecule has 2 rings (SSSR count). The van der Waals surface area contributed by atoms with Crippen LogP contribution in [0.3, 0.4) is 0 Å². The first-order valence-electron chi connectivity index (χ1n) is 5.04. The molecule has 88 valence electrons. The third-order valence-corrected chi connectivity index (χ3v) is 3.11. The van der Waals surface area contributed by atoms with Crippen LogP contribution in [0.1, 0.15) is 16.2 Å². The molecular formula is C11H11IN4O. The Morgan fingerprint density at radius 2 is 2.24 bits per heavy atom. The minimum Gasteiger partial charge on any atom is -0.345 e. The minimum absolute atomic E-state index is 0.109. The summed E-state index contributed by atoms with van der Waals surface area (Å²) in [6.45, 7) is 0.338. The highest BCUT2D eigenvalue weighted by atomic mass is 127. The fourth-order valence-electron chi connectivity index (χ4n) is 1.36. The van der Waals surface area contributed by atoms with Crippen LogP contribution in [0.5, 0.6) is 0 Å². The molecule has 0 aliphatic rings. The smallest absolute Gasteiger partial charge is 0.252 e. The average molecular weight is 342 g/mol. The van der Waals surface area contributed by atoms with Gasteiger partial charge in [0.1, 0.15) is 6.33 Å². The summed E-state index contributed by atoms with van der Waals surface area (Å²) < 4.78 is 2.53. The molecule has 1 heterocycles. The Balaban J connectivity index is 2.01. The summed E-state index contributed by atoms with van der Waals surface area (Å²) in [4.78, 5) is 15.9. The second-order valence-corrected chi connectivity index (χ2v) is 4.66. The molecule has 6 heteroatoms. The second kappa shape index (κ2) is 5.26. The van der Waals surface area contributed by atoms with E-state index >= 15 is 0 Å². The number of carbonyl (C=O) groups excluding carboxylic acids is 1. The van der Waals surface area contributed by atoms with Crippen molar-refractivity contribution in [2.45, 2.75) is 6.54 Å². The van der Waals surface area contributed by atoms with E-state index in [1.165, 1.54) is 0 Å². The van der Waals surface area contributed by atoms with Gasteiger partial charge in [-0.1, -0.05) is 12.1 Å². The van der Waals surface area contributed by atoms with Crippen LogP contribution < -0.4 is 5.32 Å². The van der Waals surface area contributed by atoms with Crippen LogP contribution in [0.15, 0.2) is 30.6 Å². The van der Waals surface area contributed by atoms with E-state index in [9.17, 15) is 4.79 Å². The first-order chi connectivity index (χ1) is 8.16. The van der Waals surface area contributed by atoms with Gasteiger partial charge in [0.15, 0.2) is 5.82 Å². The maximum atomic E-state index is 11.9. The van der Waals surface area contributed by atoms with Crippen molar-refractivity contribution in [3.05, 3.63) is 45.6 Å². The Labute approximate surface area is 112 Å². The number of aromatic nitrogens is 3. The van der Waals surface area contributed by atoms with Crippen LogP contribution in [0.2, 0.25) is 0 Å². The molecule has 1 amide bonds. The second-order valence-electron chi connectivity index (χ2n) is 3.50. The maximum absolute atomic E-state index is 11.9. The fourth-order valence-corrected chi connectivity index (χ4v) is 2.00. The number of aryl methyl sites for hydroxylation is 1. The molecule has 5 nitrogen and oxygen atoms in total. The monoisotopic (exact) mass is 342 g/mol. The van der Waals surface area contributed by atoms with E-state index in [1.54, 1.807) is 24.1 Å². The van der Waals surface area contributed by atoms with Gasteiger partial charge >= 0.3 is 0 Å². The van der Waals surface area contributed by atoms with E-state index in [0.29, 0.717) is 17.9 Å². The molecule has 1 N–H and O–H groups in total. The van der Waals surface area contributed by atoms with Crippen LogP contribution in [0.25, 0.3) is 0 Å². The lowest BCUT2D eigenvalue weighted by atomic mass is 10.2. The van der Waals surface area contributed by atoms with Crippen molar-refractivity contribution in [2.24, 2.45) is 7.05 Å². The van der Waals surface area contributed by atoms with E-state index in [4.69, 9.17) is 0 Å². The van der Waals surface area contributed by atoms with Gasteiger partial charge in [-0.05, 0) is 34.7 Å². The number of nitrogens with zero attached hydrogens (tertiary/aromatic N) is 3. The highest BCUT2D eigenvalue weighted by Crippen LogP contribution is 2.11. The fraction of sp³-hybridized carbons (Fsp3) is 0.182. The molecule has 0 aliphatic carbocycles. The van der Waals surface area contributed by atoms with E-state index < -0.39 is 0 Å². The molecule has 17 heavy (non-hydrogen) atoms. The van der Waals surface area contributed by atoms with Crippen LogP contribution >= 0.6 is 22.6 Å². The number of hydrogen-bond donors (Lipinski definition) is 1. The Bertz CT molecular complexity index is 538. The van der Waals surface area contributed by atoms with Gasteiger partial charge in [0.2, 0.25) is 0 Å². The largest absolute Gasteiger partial charge is 0.345 e. The Morgan fingerprint density at radius 3 is 2.88 bits per heavy atom. The Morgan fingerprint density at radius 1 is 1.47 bits per heavy atom. The summed E-state index contributed by atoms with van der Waals surface area (Å²) in [7, 11) is 1.79. The van der Waals surface area contributed by atoms with Crippen molar-refractivity contribution < 1.29 is 4.79 Å². The molecule has 0 spiro atoms. The van der Waals surface area contributed by atoms with E-state index in [1.807, 2.05) is 18.2 Å². The highest BCUT2D eigenvalue weighted by Gasteiger charge is 2.09. The zero-order valence-electron chi connectivity index (χ0n) is 9.22. The number of benzene rings is 1. The summed E-state index contributed by atoms with van der Waals surface area (Å²) in [5.74, 6) is 0.495. The van der Waals surface area contributed by atoms with Crippen molar-refractivity contribution in [3.8, 4) is 0 Å².